The van der Waals surface area contributed by atoms with E-state index in [1.807, 2.05) is 0 Å². The van der Waals surface area contributed by atoms with Crippen molar-refractivity contribution in [3.63, 3.8) is 0 Å². The van der Waals surface area contributed by atoms with E-state index in [0.29, 0.717) is 10.7 Å². The van der Waals surface area contributed by atoms with E-state index in [4.69, 9.17) is 16.3 Å². The number of anilines is 1. The summed E-state index contributed by atoms with van der Waals surface area (Å²) in [5.74, 6) is -1.42. The third-order valence-corrected chi connectivity index (χ3v) is 5.55. The molecule has 1 atom stereocenters. The number of para-hydroxylation sites is 1. The maximum Gasteiger partial charge on any atom is 0.338 e. The number of carbonyl (C=O) groups is 2. The minimum Gasteiger partial charge on any atom is -0.452 e. The highest BCUT2D eigenvalue weighted by Gasteiger charge is 2.31. The summed E-state index contributed by atoms with van der Waals surface area (Å²) in [5.41, 5.74) is 0.748. The minimum atomic E-state index is -3.36. The molecule has 0 aliphatic carbocycles. The third kappa shape index (κ3) is 4.75. The molecule has 6 nitrogen and oxygen atoms in total. The van der Waals surface area contributed by atoms with Crippen LogP contribution in [0, 0.1) is 0 Å². The molecule has 0 radical (unpaired) electrons. The van der Waals surface area contributed by atoms with Gasteiger partial charge in [-0.15, -0.1) is 0 Å². The largest absolute Gasteiger partial charge is 0.452 e. The number of hydrogen-bond donors (Lipinski definition) is 0. The summed E-state index contributed by atoms with van der Waals surface area (Å²) in [7, 11) is -3.36. The summed E-state index contributed by atoms with van der Waals surface area (Å²) < 4.78 is 28.6. The summed E-state index contributed by atoms with van der Waals surface area (Å²) >= 11 is 5.85. The maximum atomic E-state index is 12.7. The lowest BCUT2D eigenvalue weighted by Gasteiger charge is -2.27. The summed E-state index contributed by atoms with van der Waals surface area (Å²) in [5, 5.41) is 1.47. The quantitative estimate of drug-likeness (QED) is 0.714. The Balaban J connectivity index is 1.76. The van der Waals surface area contributed by atoms with Crippen molar-refractivity contribution < 1.29 is 22.7 Å². The molecule has 3 rings (SSSR count). The van der Waals surface area contributed by atoms with Crippen molar-refractivity contribution in [1.82, 2.24) is 0 Å². The Labute approximate surface area is 161 Å². The first-order valence-electron chi connectivity index (χ1n) is 8.06. The van der Waals surface area contributed by atoms with Crippen LogP contribution in [0.1, 0.15) is 10.4 Å². The molecule has 1 heterocycles. The first-order valence-corrected chi connectivity index (χ1v) is 10.2. The number of ether oxygens (including phenoxy) is 1. The van der Waals surface area contributed by atoms with E-state index in [-0.39, 0.29) is 11.3 Å². The van der Waals surface area contributed by atoms with Gasteiger partial charge in [-0.1, -0.05) is 35.9 Å². The molecule has 0 aromatic heterocycles. The molecule has 1 amide bonds. The number of rotatable bonds is 5. The van der Waals surface area contributed by atoms with E-state index in [9.17, 15) is 18.0 Å². The molecule has 8 heteroatoms. The van der Waals surface area contributed by atoms with E-state index >= 15 is 0 Å². The Morgan fingerprint density at radius 3 is 2.48 bits per heavy atom. The smallest absolute Gasteiger partial charge is 0.338 e. The highest BCUT2D eigenvalue weighted by atomic mass is 35.5. The zero-order valence-electron chi connectivity index (χ0n) is 14.1. The predicted octanol–water partition coefficient (Wildman–Crippen LogP) is 2.84. The van der Waals surface area contributed by atoms with Gasteiger partial charge in [0.25, 0.3) is 5.91 Å². The monoisotopic (exact) mass is 405 g/mol. The Morgan fingerprint density at radius 2 is 1.85 bits per heavy atom. The highest BCUT2D eigenvalue weighted by molar-refractivity contribution is 7.94. The van der Waals surface area contributed by atoms with Crippen molar-refractivity contribution in [3.8, 4) is 0 Å². The second-order valence-electron chi connectivity index (χ2n) is 5.91. The summed E-state index contributed by atoms with van der Waals surface area (Å²) in [6, 6.07) is 14.2. The lowest BCUT2D eigenvalue weighted by atomic mass is 10.2. The average Bonchev–Trinajstić information content (AvgIpc) is 3.00. The van der Waals surface area contributed by atoms with Crippen LogP contribution in [0.4, 0.5) is 5.69 Å². The first-order chi connectivity index (χ1) is 12.9. The number of amides is 1. The van der Waals surface area contributed by atoms with Crippen molar-refractivity contribution in [3.05, 3.63) is 76.7 Å². The van der Waals surface area contributed by atoms with Gasteiger partial charge in [-0.05, 0) is 36.4 Å². The molecular formula is C19H16ClNO5S. The van der Waals surface area contributed by atoms with E-state index in [1.54, 1.807) is 42.5 Å². The summed E-state index contributed by atoms with van der Waals surface area (Å²) in [4.78, 5) is 26.2. The predicted molar refractivity (Wildman–Crippen MR) is 102 cm³/mol. The van der Waals surface area contributed by atoms with Crippen LogP contribution in [0.2, 0.25) is 5.02 Å². The molecule has 1 aliphatic heterocycles. The van der Waals surface area contributed by atoms with Crippen LogP contribution in [0.25, 0.3) is 0 Å². The second-order valence-corrected chi connectivity index (χ2v) is 8.28. The lowest BCUT2D eigenvalue weighted by molar-refractivity contribution is -0.121. The van der Waals surface area contributed by atoms with E-state index in [2.05, 4.69) is 0 Å². The summed E-state index contributed by atoms with van der Waals surface area (Å²) in [6.45, 7) is -0.523. The molecule has 0 N–H and O–H groups in total. The van der Waals surface area contributed by atoms with Crippen molar-refractivity contribution in [1.29, 1.82) is 0 Å². The molecule has 0 unspecified atom stereocenters. The SMILES string of the molecule is O=C(OCC(=O)N(c1ccccc1)[C@H]1C=CS(=O)(=O)C1)c1cccc(Cl)c1. The second kappa shape index (κ2) is 7.94. The fraction of sp³-hybridized carbons (Fsp3) is 0.158. The van der Waals surface area contributed by atoms with Gasteiger partial charge >= 0.3 is 5.97 Å². The van der Waals surface area contributed by atoms with E-state index < -0.39 is 34.4 Å². The fourth-order valence-electron chi connectivity index (χ4n) is 2.72. The average molecular weight is 406 g/mol. The topological polar surface area (TPSA) is 80.8 Å². The van der Waals surface area contributed by atoms with Crippen LogP contribution in [0.15, 0.2) is 66.1 Å². The van der Waals surface area contributed by atoms with E-state index in [1.165, 1.54) is 23.1 Å². The van der Waals surface area contributed by atoms with Crippen molar-refractivity contribution >= 4 is 39.0 Å². The lowest BCUT2D eigenvalue weighted by Crippen LogP contribution is -2.43. The molecule has 0 saturated heterocycles. The third-order valence-electron chi connectivity index (χ3n) is 3.93. The van der Waals surface area contributed by atoms with Gasteiger partial charge in [0.15, 0.2) is 16.4 Å². The molecule has 2 aromatic rings. The molecule has 27 heavy (non-hydrogen) atoms. The van der Waals surface area contributed by atoms with Gasteiger partial charge in [0.2, 0.25) is 0 Å². The van der Waals surface area contributed by atoms with E-state index in [0.717, 1.165) is 5.41 Å². The standard InChI is InChI=1S/C19H16ClNO5S/c20-15-6-4-5-14(11-15)19(23)26-12-18(22)21(16-7-2-1-3-8-16)17-9-10-27(24,25)13-17/h1-11,17H,12-13H2/t17-/m0/s1. The normalized spacial score (nSPS) is 17.4. The summed E-state index contributed by atoms with van der Waals surface area (Å²) in [6.07, 6.45) is 1.46. The first kappa shape index (κ1) is 19.1. The molecule has 0 bridgehead atoms. The van der Waals surface area contributed by atoms with Crippen molar-refractivity contribution in [2.24, 2.45) is 0 Å². The Kier molecular flexibility index (Phi) is 5.62. The van der Waals surface area contributed by atoms with Gasteiger partial charge in [-0.2, -0.15) is 0 Å². The van der Waals surface area contributed by atoms with Gasteiger partial charge in [-0.3, -0.25) is 4.79 Å². The fourth-order valence-corrected chi connectivity index (χ4v) is 4.18. The van der Waals surface area contributed by atoms with Gasteiger partial charge in [-0.25, -0.2) is 13.2 Å². The molecule has 1 aliphatic rings. The van der Waals surface area contributed by atoms with Crippen molar-refractivity contribution in [2.45, 2.75) is 6.04 Å². The number of hydrogen-bond acceptors (Lipinski definition) is 5. The highest BCUT2D eigenvalue weighted by Crippen LogP contribution is 2.23. The zero-order valence-corrected chi connectivity index (χ0v) is 15.7. The number of sulfone groups is 1. The molecule has 2 aromatic carbocycles. The molecule has 0 saturated carbocycles. The van der Waals surface area contributed by atoms with Gasteiger partial charge in [0, 0.05) is 16.1 Å². The van der Waals surface area contributed by atoms with Crippen LogP contribution in [0.3, 0.4) is 0 Å². The van der Waals surface area contributed by atoms with Gasteiger partial charge in [0.05, 0.1) is 17.4 Å². The minimum absolute atomic E-state index is 0.212. The molecule has 140 valence electrons. The van der Waals surface area contributed by atoms with Crippen LogP contribution in [0.5, 0.6) is 0 Å². The molecule has 0 fully saturated rings. The van der Waals surface area contributed by atoms with Gasteiger partial charge < -0.3 is 9.64 Å². The van der Waals surface area contributed by atoms with Crippen LogP contribution in [-0.4, -0.2) is 38.7 Å². The van der Waals surface area contributed by atoms with Crippen LogP contribution >= 0.6 is 11.6 Å². The maximum absolute atomic E-state index is 12.7. The molecule has 0 spiro atoms. The number of nitrogens with zero attached hydrogens (tertiary/aromatic N) is 1. The van der Waals surface area contributed by atoms with Gasteiger partial charge in [0.1, 0.15) is 0 Å². The number of benzene rings is 2. The Hall–Kier alpha value is -2.64. The zero-order chi connectivity index (χ0) is 19.4. The van der Waals surface area contributed by atoms with Crippen LogP contribution in [-0.2, 0) is 19.4 Å². The number of carbonyl (C=O) groups excluding carboxylic acids is 2. The number of esters is 1. The van der Waals surface area contributed by atoms with Crippen molar-refractivity contribution in [2.75, 3.05) is 17.3 Å². The molecular weight excluding hydrogens is 390 g/mol. The van der Waals surface area contributed by atoms with Crippen LogP contribution < -0.4 is 4.90 Å². The Morgan fingerprint density at radius 1 is 1.11 bits per heavy atom. The number of halogens is 1. The Bertz CT molecular complexity index is 988.